The molecular weight excluding hydrogens is 531 g/mol. The summed E-state index contributed by atoms with van der Waals surface area (Å²) in [4.78, 5) is 70.4. The van der Waals surface area contributed by atoms with Crippen LogP contribution < -0.4 is 10.2 Å². The molecule has 0 radical (unpaired) electrons. The number of nitrogens with zero attached hydrogens (tertiary/aromatic N) is 5. The van der Waals surface area contributed by atoms with Crippen molar-refractivity contribution in [1.29, 1.82) is 0 Å². The molecule has 14 nitrogen and oxygen atoms in total. The first-order valence-corrected chi connectivity index (χ1v) is 14.2. The molecule has 4 N–H and O–H groups in total. The largest absolute Gasteiger partial charge is 0.465 e. The molecule has 2 fully saturated rings. The number of rotatable bonds is 8. The Morgan fingerprint density at radius 3 is 2.33 bits per heavy atom. The van der Waals surface area contributed by atoms with Crippen molar-refractivity contribution in [2.45, 2.75) is 18.6 Å². The Kier molecular flexibility index (Phi) is 8.80. The first-order chi connectivity index (χ1) is 18.5. The topological polar surface area (TPSA) is 186 Å². The molecule has 39 heavy (non-hydrogen) atoms. The summed E-state index contributed by atoms with van der Waals surface area (Å²) in [7, 11) is -3.09. The molecule has 2 saturated heterocycles. The second-order valence-corrected chi connectivity index (χ2v) is 11.1. The zero-order valence-electron chi connectivity index (χ0n) is 21.3. The van der Waals surface area contributed by atoms with Crippen molar-refractivity contribution in [2.75, 3.05) is 57.4 Å². The molecule has 2 aromatic rings. The highest BCUT2D eigenvalue weighted by Crippen LogP contribution is 2.35. The van der Waals surface area contributed by atoms with Gasteiger partial charge in [-0.2, -0.15) is 0 Å². The van der Waals surface area contributed by atoms with E-state index >= 15 is 0 Å². The van der Waals surface area contributed by atoms with Crippen LogP contribution in [-0.2, 0) is 14.1 Å². The second kappa shape index (κ2) is 12.1. The third-order valence-corrected chi connectivity index (χ3v) is 7.51. The van der Waals surface area contributed by atoms with E-state index in [-0.39, 0.29) is 43.8 Å². The number of methoxy groups -OCH3 is 1. The van der Waals surface area contributed by atoms with Crippen molar-refractivity contribution < 1.29 is 38.6 Å². The number of hydrogen-bond acceptors (Lipinski definition) is 8. The maximum absolute atomic E-state index is 13.4. The van der Waals surface area contributed by atoms with Gasteiger partial charge >= 0.3 is 13.7 Å². The van der Waals surface area contributed by atoms with E-state index in [1.807, 2.05) is 11.0 Å². The average molecular weight is 563 g/mol. The summed E-state index contributed by atoms with van der Waals surface area (Å²) in [5.41, 5.74) is 0.592. The fourth-order valence-electron chi connectivity index (χ4n) is 4.55. The number of anilines is 1. The Labute approximate surface area is 224 Å². The predicted octanol–water partition coefficient (Wildman–Crippen LogP) is 0.467. The predicted molar refractivity (Wildman–Crippen MR) is 139 cm³/mol. The number of benzene rings is 1. The number of carbonyl (C=O) groups is 3. The number of hydrogen-bond donors (Lipinski definition) is 4. The van der Waals surface area contributed by atoms with Crippen LogP contribution in [0.3, 0.4) is 0 Å². The Balaban J connectivity index is 1.60. The Bertz CT molecular complexity index is 1250. The lowest BCUT2D eigenvalue weighted by molar-refractivity contribution is -0.134. The third-order valence-electron chi connectivity index (χ3n) is 6.67. The fraction of sp³-hybridized carbons (Fsp3) is 0.458. The van der Waals surface area contributed by atoms with Crippen LogP contribution in [0.4, 0.5) is 10.6 Å². The van der Waals surface area contributed by atoms with Gasteiger partial charge in [0.1, 0.15) is 17.6 Å². The summed E-state index contributed by atoms with van der Waals surface area (Å²) >= 11 is 0. The molecule has 2 atom stereocenters. The minimum absolute atomic E-state index is 0.00395. The summed E-state index contributed by atoms with van der Waals surface area (Å²) in [6.45, 7) is 1.36. The highest BCUT2D eigenvalue weighted by atomic mass is 31.2. The molecule has 0 spiro atoms. The zero-order chi connectivity index (χ0) is 28.2. The first-order valence-electron chi connectivity index (χ1n) is 12.4. The van der Waals surface area contributed by atoms with E-state index in [2.05, 4.69) is 15.3 Å². The summed E-state index contributed by atoms with van der Waals surface area (Å²) in [5, 5.41) is 11.6. The van der Waals surface area contributed by atoms with E-state index in [9.17, 15) is 28.7 Å². The Morgan fingerprint density at radius 2 is 1.74 bits per heavy atom. The quantitative estimate of drug-likeness (QED) is 0.328. The minimum atomic E-state index is -4.72. The SMILES string of the molecule is CO[C@H]1CCN(c2cc(C(=O)NC(CP(=O)(O)O)C(=O)N3CCN(C(=O)O)CC3)nc(-c3ccccc3)n2)C1. The first kappa shape index (κ1) is 28.4. The number of nitrogens with one attached hydrogen (secondary N) is 1. The van der Waals surface area contributed by atoms with Gasteiger partial charge < -0.3 is 39.6 Å². The van der Waals surface area contributed by atoms with E-state index in [0.717, 1.165) is 11.3 Å². The molecule has 0 saturated carbocycles. The molecule has 3 heterocycles. The van der Waals surface area contributed by atoms with Crippen molar-refractivity contribution in [3.63, 3.8) is 0 Å². The van der Waals surface area contributed by atoms with Gasteiger partial charge in [-0.1, -0.05) is 30.3 Å². The van der Waals surface area contributed by atoms with Crippen LogP contribution in [0.25, 0.3) is 11.4 Å². The van der Waals surface area contributed by atoms with E-state index in [1.165, 1.54) is 11.0 Å². The molecular formula is C24H31N6O8P. The average Bonchev–Trinajstić information content (AvgIpc) is 3.41. The van der Waals surface area contributed by atoms with Crippen LogP contribution in [0.1, 0.15) is 16.9 Å². The number of piperazine rings is 1. The summed E-state index contributed by atoms with van der Waals surface area (Å²) < 4.78 is 17.3. The van der Waals surface area contributed by atoms with Crippen molar-refractivity contribution in [1.82, 2.24) is 25.1 Å². The molecule has 0 bridgehead atoms. The number of carbonyl (C=O) groups excluding carboxylic acids is 2. The normalized spacial score (nSPS) is 18.6. The smallest absolute Gasteiger partial charge is 0.407 e. The highest BCUT2D eigenvalue weighted by molar-refractivity contribution is 7.51. The van der Waals surface area contributed by atoms with Crippen LogP contribution >= 0.6 is 7.60 Å². The number of ether oxygens (including phenoxy) is 1. The van der Waals surface area contributed by atoms with Crippen LogP contribution in [0, 0.1) is 0 Å². The van der Waals surface area contributed by atoms with Gasteiger partial charge in [0.25, 0.3) is 5.91 Å². The second-order valence-electron chi connectivity index (χ2n) is 9.36. The van der Waals surface area contributed by atoms with Crippen molar-refractivity contribution in [3.8, 4) is 11.4 Å². The van der Waals surface area contributed by atoms with Crippen LogP contribution in [0.5, 0.6) is 0 Å². The molecule has 0 aliphatic carbocycles. The molecule has 3 amide bonds. The van der Waals surface area contributed by atoms with Gasteiger partial charge in [0.05, 0.1) is 12.3 Å². The van der Waals surface area contributed by atoms with E-state index < -0.39 is 37.7 Å². The van der Waals surface area contributed by atoms with Crippen molar-refractivity contribution >= 4 is 31.3 Å². The fourth-order valence-corrected chi connectivity index (χ4v) is 5.27. The van der Waals surface area contributed by atoms with Crippen LogP contribution in [-0.4, -0.2) is 117 Å². The molecule has 4 rings (SSSR count). The highest BCUT2D eigenvalue weighted by Gasteiger charge is 2.35. The van der Waals surface area contributed by atoms with Gasteiger partial charge in [0.15, 0.2) is 5.82 Å². The van der Waals surface area contributed by atoms with Gasteiger partial charge in [0.2, 0.25) is 5.91 Å². The summed E-state index contributed by atoms with van der Waals surface area (Å²) in [6.07, 6.45) is -1.26. The molecule has 1 aromatic heterocycles. The molecule has 210 valence electrons. The van der Waals surface area contributed by atoms with E-state index in [1.54, 1.807) is 31.4 Å². The summed E-state index contributed by atoms with van der Waals surface area (Å²) in [5.74, 6) is -0.746. The van der Waals surface area contributed by atoms with Crippen LogP contribution in [0.2, 0.25) is 0 Å². The zero-order valence-corrected chi connectivity index (χ0v) is 22.2. The molecule has 15 heteroatoms. The monoisotopic (exact) mass is 562 g/mol. The lowest BCUT2D eigenvalue weighted by Gasteiger charge is -2.35. The van der Waals surface area contributed by atoms with Gasteiger partial charge in [-0.3, -0.25) is 14.2 Å². The van der Waals surface area contributed by atoms with E-state index in [4.69, 9.17) is 9.84 Å². The molecule has 1 unspecified atom stereocenters. The van der Waals surface area contributed by atoms with E-state index in [0.29, 0.717) is 24.5 Å². The Morgan fingerprint density at radius 1 is 1.08 bits per heavy atom. The summed E-state index contributed by atoms with van der Waals surface area (Å²) in [6, 6.07) is 8.96. The van der Waals surface area contributed by atoms with Crippen LogP contribution in [0.15, 0.2) is 36.4 Å². The van der Waals surface area contributed by atoms with Crippen molar-refractivity contribution in [3.05, 3.63) is 42.1 Å². The minimum Gasteiger partial charge on any atom is -0.465 e. The maximum Gasteiger partial charge on any atom is 0.407 e. The third kappa shape index (κ3) is 7.30. The number of amides is 3. The number of aromatic nitrogens is 2. The van der Waals surface area contributed by atoms with Gasteiger partial charge in [-0.05, 0) is 6.42 Å². The van der Waals surface area contributed by atoms with Gasteiger partial charge in [-0.15, -0.1) is 0 Å². The molecule has 2 aliphatic rings. The molecule has 1 aromatic carbocycles. The number of carboxylic acid groups (broad SMARTS) is 1. The Hall–Kier alpha value is -3.58. The standard InChI is InChI=1S/C24H31N6O8P/c1-38-17-7-8-30(14-17)20-13-18(25-21(27-20)16-5-3-2-4-6-16)22(31)26-19(15-39(35,36)37)23(32)28-9-11-29(12-10-28)24(33)34/h2-6,13,17,19H,7-12,14-15H2,1H3,(H,26,31)(H,33,34)(H2,35,36,37)/t17-,19?/m0/s1. The molecule has 2 aliphatic heterocycles. The maximum atomic E-state index is 13.4. The van der Waals surface area contributed by atoms with Gasteiger partial charge in [0, 0.05) is 58.0 Å². The lowest BCUT2D eigenvalue weighted by Crippen LogP contribution is -2.56. The van der Waals surface area contributed by atoms with Crippen molar-refractivity contribution in [2.24, 2.45) is 0 Å². The lowest BCUT2D eigenvalue weighted by atomic mass is 10.2. The van der Waals surface area contributed by atoms with Gasteiger partial charge in [-0.25, -0.2) is 14.8 Å².